The zero-order valence-corrected chi connectivity index (χ0v) is 17.7. The summed E-state index contributed by atoms with van der Waals surface area (Å²) >= 11 is 0. The van der Waals surface area contributed by atoms with Crippen LogP contribution in [0.1, 0.15) is 62.7 Å². The van der Waals surface area contributed by atoms with Gasteiger partial charge in [0.25, 0.3) is 0 Å². The van der Waals surface area contributed by atoms with Gasteiger partial charge in [0.15, 0.2) is 0 Å². The summed E-state index contributed by atoms with van der Waals surface area (Å²) < 4.78 is 11.6. The minimum Gasteiger partial charge on any atom is -0.494 e. The van der Waals surface area contributed by atoms with Crippen LogP contribution < -0.4 is 4.74 Å². The minimum absolute atomic E-state index is 0.0839. The van der Waals surface area contributed by atoms with Crippen molar-refractivity contribution >= 4 is 5.97 Å². The number of rotatable bonds is 9. The molecule has 3 rings (SSSR count). The Balaban J connectivity index is 1.89. The highest BCUT2D eigenvalue weighted by molar-refractivity contribution is 5.66. The third-order valence-corrected chi connectivity index (χ3v) is 5.47. The van der Waals surface area contributed by atoms with E-state index in [1.807, 2.05) is 30.3 Å². The number of carbonyl (C=O) groups excluding carboxylic acids is 1. The predicted octanol–water partition coefficient (Wildman–Crippen LogP) is 5.35. The fraction of sp³-hybridized carbons (Fsp3) is 0.480. The molecule has 0 N–H and O–H groups in total. The van der Waals surface area contributed by atoms with Crippen LogP contribution >= 0.6 is 0 Å². The molecule has 2 aromatic carbocycles. The Morgan fingerprint density at radius 3 is 2.28 bits per heavy atom. The highest BCUT2D eigenvalue weighted by atomic mass is 16.5. The van der Waals surface area contributed by atoms with Crippen LogP contribution in [-0.4, -0.2) is 37.1 Å². The third-order valence-electron chi connectivity index (χ3n) is 5.47. The van der Waals surface area contributed by atoms with Crippen molar-refractivity contribution in [1.82, 2.24) is 4.90 Å². The van der Waals surface area contributed by atoms with Gasteiger partial charge in [0, 0.05) is 19.4 Å². The van der Waals surface area contributed by atoms with Gasteiger partial charge in [-0.2, -0.15) is 0 Å². The molecule has 29 heavy (non-hydrogen) atoms. The molecule has 0 radical (unpaired) electrons. The van der Waals surface area contributed by atoms with Gasteiger partial charge in [0.05, 0.1) is 6.61 Å². The summed E-state index contributed by atoms with van der Waals surface area (Å²) in [5, 5.41) is 0. The van der Waals surface area contributed by atoms with E-state index in [0.29, 0.717) is 6.61 Å². The smallest absolute Gasteiger partial charge is 0.303 e. The van der Waals surface area contributed by atoms with E-state index in [-0.39, 0.29) is 18.0 Å². The molecule has 1 fully saturated rings. The van der Waals surface area contributed by atoms with Crippen molar-refractivity contribution in [2.45, 2.75) is 51.6 Å². The lowest BCUT2D eigenvalue weighted by Crippen LogP contribution is -2.36. The summed E-state index contributed by atoms with van der Waals surface area (Å²) in [6.45, 7) is 7.40. The number of ether oxygens (including phenoxy) is 2. The highest BCUT2D eigenvalue weighted by Gasteiger charge is 2.30. The fourth-order valence-corrected chi connectivity index (χ4v) is 4.03. The van der Waals surface area contributed by atoms with Crippen molar-refractivity contribution in [1.29, 1.82) is 0 Å². The molecule has 1 aliphatic heterocycles. The van der Waals surface area contributed by atoms with Gasteiger partial charge in [-0.3, -0.25) is 4.79 Å². The molecule has 1 saturated heterocycles. The van der Waals surface area contributed by atoms with Crippen LogP contribution in [0.5, 0.6) is 5.75 Å². The first-order valence-corrected chi connectivity index (χ1v) is 10.8. The largest absolute Gasteiger partial charge is 0.494 e. The van der Waals surface area contributed by atoms with E-state index in [4.69, 9.17) is 9.47 Å². The summed E-state index contributed by atoms with van der Waals surface area (Å²) in [4.78, 5) is 14.5. The summed E-state index contributed by atoms with van der Waals surface area (Å²) in [6, 6.07) is 18.5. The molecule has 0 aromatic heterocycles. The van der Waals surface area contributed by atoms with Gasteiger partial charge in [-0.1, -0.05) is 55.8 Å². The molecule has 0 bridgehead atoms. The Kier molecular flexibility index (Phi) is 8.12. The summed E-state index contributed by atoms with van der Waals surface area (Å²) in [6.07, 6.45) is 4.44. The quantitative estimate of drug-likeness (QED) is 0.537. The first-order valence-electron chi connectivity index (χ1n) is 10.8. The van der Waals surface area contributed by atoms with Gasteiger partial charge in [0.1, 0.15) is 11.9 Å². The third kappa shape index (κ3) is 6.33. The lowest BCUT2D eigenvalue weighted by atomic mass is 9.88. The van der Waals surface area contributed by atoms with E-state index in [9.17, 15) is 4.79 Å². The predicted molar refractivity (Wildman–Crippen MR) is 116 cm³/mol. The topological polar surface area (TPSA) is 38.8 Å². The van der Waals surface area contributed by atoms with Crippen LogP contribution in [-0.2, 0) is 9.53 Å². The van der Waals surface area contributed by atoms with E-state index in [2.05, 4.69) is 36.1 Å². The average Bonchev–Trinajstić information content (AvgIpc) is 2.76. The van der Waals surface area contributed by atoms with Crippen LogP contribution in [0.25, 0.3) is 0 Å². The number of piperidine rings is 1. The number of likely N-dealkylation sites (tertiary alicyclic amines) is 1. The Morgan fingerprint density at radius 2 is 1.66 bits per heavy atom. The fourth-order valence-electron chi connectivity index (χ4n) is 4.03. The number of hydrogen-bond acceptors (Lipinski definition) is 4. The summed E-state index contributed by atoms with van der Waals surface area (Å²) in [5.41, 5.74) is 2.21. The van der Waals surface area contributed by atoms with Crippen molar-refractivity contribution in [3.63, 3.8) is 0 Å². The van der Waals surface area contributed by atoms with Gasteiger partial charge >= 0.3 is 5.97 Å². The van der Waals surface area contributed by atoms with Crippen molar-refractivity contribution in [2.24, 2.45) is 0 Å². The maximum atomic E-state index is 12.0. The number of carbonyl (C=O) groups is 1. The van der Waals surface area contributed by atoms with Crippen molar-refractivity contribution in [3.05, 3.63) is 65.7 Å². The summed E-state index contributed by atoms with van der Waals surface area (Å²) in [5.74, 6) is 0.686. The van der Waals surface area contributed by atoms with Gasteiger partial charge in [-0.15, -0.1) is 0 Å². The van der Waals surface area contributed by atoms with E-state index in [1.165, 1.54) is 31.7 Å². The molecule has 4 nitrogen and oxygen atoms in total. The van der Waals surface area contributed by atoms with Crippen molar-refractivity contribution in [2.75, 3.05) is 26.2 Å². The van der Waals surface area contributed by atoms with E-state index < -0.39 is 0 Å². The highest BCUT2D eigenvalue weighted by Crippen LogP contribution is 2.36. The van der Waals surface area contributed by atoms with E-state index >= 15 is 0 Å². The molecule has 4 heteroatoms. The SMILES string of the molecule is CCCOc1ccc(C(OC(C)=O)C(CN2CCCCC2)c2ccccc2)cc1. The molecule has 0 amide bonds. The zero-order valence-electron chi connectivity index (χ0n) is 17.7. The number of benzene rings is 2. The number of esters is 1. The lowest BCUT2D eigenvalue weighted by molar-refractivity contribution is -0.148. The maximum absolute atomic E-state index is 12.0. The molecule has 1 heterocycles. The number of nitrogens with zero attached hydrogens (tertiary/aromatic N) is 1. The Morgan fingerprint density at radius 1 is 0.966 bits per heavy atom. The van der Waals surface area contributed by atoms with Gasteiger partial charge in [-0.25, -0.2) is 0 Å². The van der Waals surface area contributed by atoms with Crippen LogP contribution in [0.15, 0.2) is 54.6 Å². The molecule has 2 aromatic rings. The van der Waals surface area contributed by atoms with Gasteiger partial charge < -0.3 is 14.4 Å². The summed E-state index contributed by atoms with van der Waals surface area (Å²) in [7, 11) is 0. The second-order valence-electron chi connectivity index (χ2n) is 7.83. The first kappa shape index (κ1) is 21.4. The Labute approximate surface area is 174 Å². The molecule has 2 atom stereocenters. The van der Waals surface area contributed by atoms with Crippen LogP contribution in [0.2, 0.25) is 0 Å². The van der Waals surface area contributed by atoms with E-state index in [1.54, 1.807) is 0 Å². The van der Waals surface area contributed by atoms with Crippen LogP contribution in [0.4, 0.5) is 0 Å². The Bertz CT molecular complexity index is 738. The zero-order chi connectivity index (χ0) is 20.5. The number of hydrogen-bond donors (Lipinski definition) is 0. The maximum Gasteiger partial charge on any atom is 0.303 e. The molecule has 156 valence electrons. The lowest BCUT2D eigenvalue weighted by Gasteiger charge is -2.34. The molecular formula is C25H33NO3. The van der Waals surface area contributed by atoms with Crippen molar-refractivity contribution < 1.29 is 14.3 Å². The first-order chi connectivity index (χ1) is 14.2. The standard InChI is InChI=1S/C25H33NO3/c1-3-18-28-23-14-12-22(13-15-23)25(29-20(2)27)24(21-10-6-4-7-11-21)19-26-16-8-5-9-17-26/h4,6-7,10-15,24-25H,3,5,8-9,16-19H2,1-2H3. The molecule has 2 unspecified atom stereocenters. The molecule has 0 spiro atoms. The second-order valence-corrected chi connectivity index (χ2v) is 7.83. The molecule has 0 saturated carbocycles. The van der Waals surface area contributed by atoms with Crippen LogP contribution in [0, 0.1) is 0 Å². The average molecular weight is 396 g/mol. The monoisotopic (exact) mass is 395 g/mol. The van der Waals surface area contributed by atoms with Gasteiger partial charge in [-0.05, 0) is 55.6 Å². The molecule has 0 aliphatic carbocycles. The second kappa shape index (κ2) is 11.0. The van der Waals surface area contributed by atoms with Crippen molar-refractivity contribution in [3.8, 4) is 5.75 Å². The van der Waals surface area contributed by atoms with E-state index in [0.717, 1.165) is 37.4 Å². The van der Waals surface area contributed by atoms with Gasteiger partial charge in [0.2, 0.25) is 0 Å². The minimum atomic E-state index is -0.322. The molecular weight excluding hydrogens is 362 g/mol. The Hall–Kier alpha value is -2.33. The molecule has 1 aliphatic rings. The normalized spacial score (nSPS) is 16.8. The van der Waals surface area contributed by atoms with Crippen LogP contribution in [0.3, 0.4) is 0 Å².